The number of nitrogens with one attached hydrogen (secondary N) is 1. The maximum atomic E-state index is 12.4. The molecule has 2 heterocycles. The number of hydrogen-bond acceptors (Lipinski definition) is 3. The summed E-state index contributed by atoms with van der Waals surface area (Å²) in [5.41, 5.74) is 2.35. The van der Waals surface area contributed by atoms with Gasteiger partial charge in [-0.25, -0.2) is 9.78 Å². The second-order valence-corrected chi connectivity index (χ2v) is 4.67. The summed E-state index contributed by atoms with van der Waals surface area (Å²) in [6, 6.07) is 4.87. The maximum absolute atomic E-state index is 12.4. The van der Waals surface area contributed by atoms with Crippen LogP contribution < -0.4 is 4.90 Å². The summed E-state index contributed by atoms with van der Waals surface area (Å²) in [6.45, 7) is 0.622. The van der Waals surface area contributed by atoms with Gasteiger partial charge in [0.15, 0.2) is 0 Å². The number of H-pyrrole nitrogens is 1. The number of rotatable bonds is 2. The normalized spacial score (nSPS) is 13.9. The molecule has 1 aliphatic heterocycles. The molecular formula is C14H13N3O3. The van der Waals surface area contributed by atoms with Crippen molar-refractivity contribution in [2.24, 2.45) is 0 Å². The number of carbonyl (C=O) groups is 2. The maximum Gasteiger partial charge on any atom is 0.335 e. The van der Waals surface area contributed by atoms with Crippen molar-refractivity contribution >= 4 is 17.6 Å². The van der Waals surface area contributed by atoms with Crippen LogP contribution in [0.2, 0.25) is 0 Å². The number of aromatic nitrogens is 2. The lowest BCUT2D eigenvalue weighted by Gasteiger charge is -2.29. The number of hydrogen-bond donors (Lipinski definition) is 2. The molecule has 1 amide bonds. The molecule has 2 N–H and O–H groups in total. The van der Waals surface area contributed by atoms with E-state index in [0.717, 1.165) is 24.1 Å². The van der Waals surface area contributed by atoms with Gasteiger partial charge in [0.25, 0.3) is 5.91 Å². The molecule has 2 aromatic rings. The molecule has 0 radical (unpaired) electrons. The summed E-state index contributed by atoms with van der Waals surface area (Å²) in [5, 5.41) is 9.02. The van der Waals surface area contributed by atoms with Crippen molar-refractivity contribution in [2.45, 2.75) is 12.8 Å². The Morgan fingerprint density at radius 1 is 1.35 bits per heavy atom. The summed E-state index contributed by atoms with van der Waals surface area (Å²) in [7, 11) is 0. The van der Waals surface area contributed by atoms with Gasteiger partial charge >= 0.3 is 5.97 Å². The number of benzene rings is 1. The molecule has 0 bridgehead atoms. The number of carboxylic acids is 1. The SMILES string of the molecule is O=C(O)c1ccc2c(c1)CCCN2C(=O)c1cnc[nH]1. The predicted octanol–water partition coefficient (Wildman–Crippen LogP) is 1.70. The van der Waals surface area contributed by atoms with Crippen LogP contribution in [0.15, 0.2) is 30.7 Å². The minimum Gasteiger partial charge on any atom is -0.478 e. The number of aromatic amines is 1. The quantitative estimate of drug-likeness (QED) is 0.870. The van der Waals surface area contributed by atoms with Crippen LogP contribution in [0.4, 0.5) is 5.69 Å². The average molecular weight is 271 g/mol. The van der Waals surface area contributed by atoms with E-state index in [0.29, 0.717) is 12.2 Å². The molecule has 6 heteroatoms. The number of aryl methyl sites for hydroxylation is 1. The zero-order valence-corrected chi connectivity index (χ0v) is 10.7. The van der Waals surface area contributed by atoms with Crippen LogP contribution in [0.3, 0.4) is 0 Å². The first-order valence-corrected chi connectivity index (χ1v) is 6.33. The Hall–Kier alpha value is -2.63. The zero-order chi connectivity index (χ0) is 14.1. The third kappa shape index (κ3) is 2.05. The summed E-state index contributed by atoms with van der Waals surface area (Å²) in [5.74, 6) is -1.10. The van der Waals surface area contributed by atoms with E-state index in [9.17, 15) is 9.59 Å². The fraction of sp³-hybridized carbons (Fsp3) is 0.214. The number of carboxylic acid groups (broad SMARTS) is 1. The fourth-order valence-corrected chi connectivity index (χ4v) is 2.46. The highest BCUT2D eigenvalue weighted by Gasteiger charge is 2.25. The van der Waals surface area contributed by atoms with Gasteiger partial charge in [-0.3, -0.25) is 4.79 Å². The Bertz CT molecular complexity index is 664. The lowest BCUT2D eigenvalue weighted by molar-refractivity contribution is 0.0696. The Kier molecular flexibility index (Phi) is 2.98. The molecule has 6 nitrogen and oxygen atoms in total. The molecule has 0 atom stereocenters. The highest BCUT2D eigenvalue weighted by molar-refractivity contribution is 6.05. The third-order valence-electron chi connectivity index (χ3n) is 3.42. The molecule has 0 unspecified atom stereocenters. The molecular weight excluding hydrogens is 258 g/mol. The number of anilines is 1. The number of nitrogens with zero attached hydrogens (tertiary/aromatic N) is 2. The van der Waals surface area contributed by atoms with E-state index in [1.54, 1.807) is 17.0 Å². The lowest BCUT2D eigenvalue weighted by atomic mass is 9.99. The molecule has 1 aromatic heterocycles. The van der Waals surface area contributed by atoms with Gasteiger partial charge in [-0.1, -0.05) is 0 Å². The second kappa shape index (κ2) is 4.80. The van der Waals surface area contributed by atoms with E-state index >= 15 is 0 Å². The van der Waals surface area contributed by atoms with Crippen molar-refractivity contribution in [1.82, 2.24) is 9.97 Å². The molecule has 0 spiro atoms. The minimum absolute atomic E-state index is 0.147. The van der Waals surface area contributed by atoms with Gasteiger partial charge in [0.05, 0.1) is 18.1 Å². The molecule has 1 aliphatic rings. The summed E-state index contributed by atoms with van der Waals surface area (Å²) in [6.07, 6.45) is 4.55. The van der Waals surface area contributed by atoms with Gasteiger partial charge < -0.3 is 15.0 Å². The minimum atomic E-state index is -0.954. The molecule has 1 aromatic carbocycles. The summed E-state index contributed by atoms with van der Waals surface area (Å²) >= 11 is 0. The highest BCUT2D eigenvalue weighted by Crippen LogP contribution is 2.29. The Labute approximate surface area is 115 Å². The monoisotopic (exact) mass is 271 g/mol. The van der Waals surface area contributed by atoms with Crippen LogP contribution in [-0.4, -0.2) is 33.5 Å². The summed E-state index contributed by atoms with van der Waals surface area (Å²) < 4.78 is 0. The molecule has 0 saturated heterocycles. The Balaban J connectivity index is 1.98. The van der Waals surface area contributed by atoms with Crippen molar-refractivity contribution in [1.29, 1.82) is 0 Å². The predicted molar refractivity (Wildman–Crippen MR) is 72.0 cm³/mol. The molecule has 0 aliphatic carbocycles. The van der Waals surface area contributed by atoms with Crippen LogP contribution >= 0.6 is 0 Å². The number of fused-ring (bicyclic) bond motifs is 1. The Morgan fingerprint density at radius 3 is 2.90 bits per heavy atom. The largest absolute Gasteiger partial charge is 0.478 e. The van der Waals surface area contributed by atoms with Crippen LogP contribution in [0.1, 0.15) is 32.8 Å². The average Bonchev–Trinajstić information content (AvgIpc) is 2.99. The van der Waals surface area contributed by atoms with Crippen LogP contribution in [0, 0.1) is 0 Å². The van der Waals surface area contributed by atoms with Gasteiger partial charge in [0, 0.05) is 12.2 Å². The number of aromatic carboxylic acids is 1. The van der Waals surface area contributed by atoms with Crippen molar-refractivity contribution in [3.05, 3.63) is 47.5 Å². The van der Waals surface area contributed by atoms with E-state index < -0.39 is 5.97 Å². The van der Waals surface area contributed by atoms with Gasteiger partial charge in [0.1, 0.15) is 5.69 Å². The van der Waals surface area contributed by atoms with Crippen LogP contribution in [0.5, 0.6) is 0 Å². The lowest BCUT2D eigenvalue weighted by Crippen LogP contribution is -2.35. The van der Waals surface area contributed by atoms with Gasteiger partial charge in [-0.2, -0.15) is 0 Å². The van der Waals surface area contributed by atoms with Crippen molar-refractivity contribution < 1.29 is 14.7 Å². The fourth-order valence-electron chi connectivity index (χ4n) is 2.46. The first kappa shape index (κ1) is 12.4. The standard InChI is InChI=1S/C14H13N3O3/c18-13(11-7-15-8-16-11)17-5-1-2-9-6-10(14(19)20)3-4-12(9)17/h3-4,6-8H,1-2,5H2,(H,15,16)(H,19,20). The second-order valence-electron chi connectivity index (χ2n) is 4.67. The van der Waals surface area contributed by atoms with Gasteiger partial charge in [0.2, 0.25) is 0 Å². The summed E-state index contributed by atoms with van der Waals surface area (Å²) in [4.78, 5) is 31.7. The van der Waals surface area contributed by atoms with E-state index in [4.69, 9.17) is 5.11 Å². The van der Waals surface area contributed by atoms with Gasteiger partial charge in [-0.15, -0.1) is 0 Å². The molecule has 0 fully saturated rings. The number of imidazole rings is 1. The van der Waals surface area contributed by atoms with Crippen LogP contribution in [0.25, 0.3) is 0 Å². The highest BCUT2D eigenvalue weighted by atomic mass is 16.4. The van der Waals surface area contributed by atoms with Crippen molar-refractivity contribution in [3.8, 4) is 0 Å². The van der Waals surface area contributed by atoms with Crippen molar-refractivity contribution in [3.63, 3.8) is 0 Å². The zero-order valence-electron chi connectivity index (χ0n) is 10.7. The van der Waals surface area contributed by atoms with E-state index in [1.165, 1.54) is 18.6 Å². The molecule has 3 rings (SSSR count). The topological polar surface area (TPSA) is 86.3 Å². The number of carbonyl (C=O) groups excluding carboxylic acids is 1. The third-order valence-corrected chi connectivity index (χ3v) is 3.42. The Morgan fingerprint density at radius 2 is 2.20 bits per heavy atom. The van der Waals surface area contributed by atoms with E-state index in [2.05, 4.69) is 9.97 Å². The van der Waals surface area contributed by atoms with Crippen molar-refractivity contribution in [2.75, 3.05) is 11.4 Å². The molecule has 102 valence electrons. The number of amides is 1. The smallest absolute Gasteiger partial charge is 0.335 e. The first-order valence-electron chi connectivity index (χ1n) is 6.33. The first-order chi connectivity index (χ1) is 9.66. The van der Waals surface area contributed by atoms with Gasteiger partial charge in [-0.05, 0) is 36.6 Å². The molecule has 20 heavy (non-hydrogen) atoms. The van der Waals surface area contributed by atoms with E-state index in [1.807, 2.05) is 0 Å². The van der Waals surface area contributed by atoms with Crippen LogP contribution in [-0.2, 0) is 6.42 Å². The molecule has 0 saturated carbocycles. The van der Waals surface area contributed by atoms with E-state index in [-0.39, 0.29) is 11.5 Å².